The average Bonchev–Trinajstić information content (AvgIpc) is 2.80. The molecule has 2 aromatic rings. The molecule has 11 nitrogen and oxygen atoms in total. The Bertz CT molecular complexity index is 1180. The van der Waals surface area contributed by atoms with Crippen LogP contribution in [0, 0.1) is 0 Å². The molecule has 182 valence electrons. The molecule has 11 heteroatoms. The number of H-pyrrole nitrogens is 1. The van der Waals surface area contributed by atoms with Crippen LogP contribution in [0.5, 0.6) is 5.75 Å². The number of carboxylic acids is 1. The SMILES string of the molecule is C[C@]1(O)COC2(CCN(C(=O)c3ccc(OCC(=O)O)cc3)CC2)C[C@@H]1n1ccc(=O)[nH]c1=O. The standard InChI is InChI=1S/C23H27N3O8/c1-22(32)14-34-23(12-17(22)26-9-6-18(27)24-21(26)31)7-10-25(11-8-23)20(30)15-2-4-16(5-3-15)33-13-19(28)29/h2-6,9,17,32H,7-8,10-14H2,1H3,(H,28,29)(H,24,27,31)/t17-,22-/m0/s1. The molecule has 0 unspecified atom stereocenters. The molecule has 0 saturated carbocycles. The van der Waals surface area contributed by atoms with Crippen molar-refractivity contribution in [2.45, 2.75) is 43.4 Å². The number of nitrogens with one attached hydrogen (secondary N) is 1. The summed E-state index contributed by atoms with van der Waals surface area (Å²) in [6.45, 7) is 2.04. The van der Waals surface area contributed by atoms with Crippen molar-refractivity contribution in [2.75, 3.05) is 26.3 Å². The highest BCUT2D eigenvalue weighted by molar-refractivity contribution is 5.94. The van der Waals surface area contributed by atoms with Gasteiger partial charge in [-0.1, -0.05) is 0 Å². The summed E-state index contributed by atoms with van der Waals surface area (Å²) in [5.41, 5.74) is -2.53. The Morgan fingerprint density at radius 2 is 1.85 bits per heavy atom. The van der Waals surface area contributed by atoms with Crippen molar-refractivity contribution >= 4 is 11.9 Å². The fourth-order valence-corrected chi connectivity index (χ4v) is 4.58. The number of aromatic nitrogens is 2. The maximum Gasteiger partial charge on any atom is 0.341 e. The normalized spacial score (nSPS) is 24.1. The van der Waals surface area contributed by atoms with E-state index in [2.05, 4.69) is 4.98 Å². The number of rotatable bonds is 5. The first kappa shape index (κ1) is 23.7. The summed E-state index contributed by atoms with van der Waals surface area (Å²) in [4.78, 5) is 51.3. The van der Waals surface area contributed by atoms with Gasteiger partial charge in [-0.05, 0) is 44.0 Å². The first-order valence-electron chi connectivity index (χ1n) is 11.0. The average molecular weight is 473 g/mol. The summed E-state index contributed by atoms with van der Waals surface area (Å²) < 4.78 is 12.5. The number of aliphatic carboxylic acids is 1. The lowest BCUT2D eigenvalue weighted by atomic mass is 9.77. The summed E-state index contributed by atoms with van der Waals surface area (Å²) in [5, 5.41) is 19.6. The van der Waals surface area contributed by atoms with E-state index < -0.39 is 41.1 Å². The molecule has 1 spiro atoms. The van der Waals surface area contributed by atoms with Crippen LogP contribution in [-0.4, -0.2) is 74.0 Å². The predicted octanol–water partition coefficient (Wildman–Crippen LogP) is 0.387. The number of hydrogen-bond donors (Lipinski definition) is 3. The number of aromatic amines is 1. The van der Waals surface area contributed by atoms with Gasteiger partial charge in [-0.3, -0.25) is 19.1 Å². The van der Waals surface area contributed by atoms with E-state index in [9.17, 15) is 24.3 Å². The van der Waals surface area contributed by atoms with Gasteiger partial charge >= 0.3 is 11.7 Å². The minimum absolute atomic E-state index is 0.0228. The molecule has 1 amide bonds. The predicted molar refractivity (Wildman–Crippen MR) is 119 cm³/mol. The van der Waals surface area contributed by atoms with E-state index in [4.69, 9.17) is 14.6 Å². The topological polar surface area (TPSA) is 151 Å². The number of carboxylic acid groups (broad SMARTS) is 1. The van der Waals surface area contributed by atoms with E-state index in [0.717, 1.165) is 0 Å². The number of nitrogens with zero attached hydrogens (tertiary/aromatic N) is 2. The molecule has 2 aliphatic heterocycles. The molecule has 2 saturated heterocycles. The fourth-order valence-electron chi connectivity index (χ4n) is 4.58. The van der Waals surface area contributed by atoms with Crippen LogP contribution < -0.4 is 16.0 Å². The molecule has 2 aliphatic rings. The number of aliphatic hydroxyl groups is 1. The number of piperidine rings is 1. The summed E-state index contributed by atoms with van der Waals surface area (Å²) in [6, 6.07) is 6.96. The van der Waals surface area contributed by atoms with Gasteiger partial charge in [-0.25, -0.2) is 9.59 Å². The fraction of sp³-hybridized carbons (Fsp3) is 0.478. The first-order valence-corrected chi connectivity index (χ1v) is 11.0. The quantitative estimate of drug-likeness (QED) is 0.564. The number of carbonyl (C=O) groups is 2. The second-order valence-electron chi connectivity index (χ2n) is 9.07. The summed E-state index contributed by atoms with van der Waals surface area (Å²) in [5.74, 6) is -0.875. The second-order valence-corrected chi connectivity index (χ2v) is 9.07. The Hall–Kier alpha value is -3.44. The van der Waals surface area contributed by atoms with E-state index in [1.807, 2.05) is 0 Å². The molecule has 1 aromatic carbocycles. The van der Waals surface area contributed by atoms with Gasteiger partial charge in [0.25, 0.3) is 11.5 Å². The molecule has 2 atom stereocenters. The molecule has 1 aromatic heterocycles. The molecule has 4 rings (SSSR count). The van der Waals surface area contributed by atoms with E-state index in [1.54, 1.807) is 36.1 Å². The minimum Gasteiger partial charge on any atom is -0.482 e. The van der Waals surface area contributed by atoms with Crippen molar-refractivity contribution in [1.82, 2.24) is 14.5 Å². The van der Waals surface area contributed by atoms with Crippen molar-refractivity contribution in [1.29, 1.82) is 0 Å². The van der Waals surface area contributed by atoms with Crippen molar-refractivity contribution in [3.8, 4) is 5.75 Å². The highest BCUT2D eigenvalue weighted by Crippen LogP contribution is 2.43. The Balaban J connectivity index is 1.43. The van der Waals surface area contributed by atoms with Crippen molar-refractivity contribution in [2.24, 2.45) is 0 Å². The highest BCUT2D eigenvalue weighted by Gasteiger charge is 2.49. The molecule has 2 fully saturated rings. The summed E-state index contributed by atoms with van der Waals surface area (Å²) in [6.07, 6.45) is 2.82. The van der Waals surface area contributed by atoms with Gasteiger partial charge in [0.1, 0.15) is 11.4 Å². The van der Waals surface area contributed by atoms with E-state index in [1.165, 1.54) is 16.8 Å². The van der Waals surface area contributed by atoms with Crippen LogP contribution in [-0.2, 0) is 9.53 Å². The summed E-state index contributed by atoms with van der Waals surface area (Å²) in [7, 11) is 0. The van der Waals surface area contributed by atoms with Gasteiger partial charge in [-0.2, -0.15) is 0 Å². The molecule has 0 radical (unpaired) electrons. The van der Waals surface area contributed by atoms with E-state index in [-0.39, 0.29) is 12.5 Å². The summed E-state index contributed by atoms with van der Waals surface area (Å²) >= 11 is 0. The smallest absolute Gasteiger partial charge is 0.341 e. The van der Waals surface area contributed by atoms with Gasteiger partial charge in [0, 0.05) is 37.3 Å². The molecule has 0 aliphatic carbocycles. The van der Waals surface area contributed by atoms with Gasteiger partial charge in [0.15, 0.2) is 6.61 Å². The highest BCUT2D eigenvalue weighted by atomic mass is 16.5. The first-order chi connectivity index (χ1) is 16.1. The second kappa shape index (κ2) is 9.07. The van der Waals surface area contributed by atoms with Crippen LogP contribution >= 0.6 is 0 Å². The van der Waals surface area contributed by atoms with Crippen molar-refractivity contribution in [3.63, 3.8) is 0 Å². The molecule has 34 heavy (non-hydrogen) atoms. The number of likely N-dealkylation sites (tertiary alicyclic amines) is 1. The molecule has 3 N–H and O–H groups in total. The Morgan fingerprint density at radius 1 is 1.18 bits per heavy atom. The monoisotopic (exact) mass is 473 g/mol. The Morgan fingerprint density at radius 3 is 2.47 bits per heavy atom. The minimum atomic E-state index is -1.30. The number of amides is 1. The third-order valence-corrected chi connectivity index (χ3v) is 6.57. The van der Waals surface area contributed by atoms with Crippen LogP contribution in [0.25, 0.3) is 0 Å². The van der Waals surface area contributed by atoms with Crippen LogP contribution in [0.2, 0.25) is 0 Å². The van der Waals surface area contributed by atoms with Crippen molar-refractivity contribution in [3.05, 3.63) is 62.9 Å². The van der Waals surface area contributed by atoms with Crippen molar-refractivity contribution < 1.29 is 29.3 Å². The van der Waals surface area contributed by atoms with Crippen LogP contribution in [0.3, 0.4) is 0 Å². The van der Waals surface area contributed by atoms with Gasteiger partial charge in [0.05, 0.1) is 18.2 Å². The van der Waals surface area contributed by atoms with Gasteiger partial charge < -0.3 is 24.6 Å². The van der Waals surface area contributed by atoms with Crippen LogP contribution in [0.1, 0.15) is 42.6 Å². The number of hydrogen-bond acceptors (Lipinski definition) is 7. The third-order valence-electron chi connectivity index (χ3n) is 6.57. The zero-order valence-electron chi connectivity index (χ0n) is 18.7. The van der Waals surface area contributed by atoms with E-state index in [0.29, 0.717) is 43.7 Å². The Kier molecular flexibility index (Phi) is 6.32. The molecule has 0 bridgehead atoms. The maximum absolute atomic E-state index is 12.9. The number of benzene rings is 1. The maximum atomic E-state index is 12.9. The molecule has 3 heterocycles. The largest absolute Gasteiger partial charge is 0.482 e. The Labute approximate surface area is 194 Å². The van der Waals surface area contributed by atoms with Gasteiger partial charge in [0.2, 0.25) is 0 Å². The number of carbonyl (C=O) groups excluding carboxylic acids is 1. The lowest BCUT2D eigenvalue weighted by molar-refractivity contribution is -0.199. The lowest BCUT2D eigenvalue weighted by Gasteiger charge is -2.51. The lowest BCUT2D eigenvalue weighted by Crippen LogP contribution is -2.58. The van der Waals surface area contributed by atoms with Crippen LogP contribution in [0.15, 0.2) is 46.1 Å². The zero-order valence-corrected chi connectivity index (χ0v) is 18.7. The number of ether oxygens (including phenoxy) is 2. The van der Waals surface area contributed by atoms with Crippen LogP contribution in [0.4, 0.5) is 0 Å². The molecular formula is C23H27N3O8. The molecular weight excluding hydrogens is 446 g/mol. The van der Waals surface area contributed by atoms with Gasteiger partial charge in [-0.15, -0.1) is 0 Å². The van der Waals surface area contributed by atoms with E-state index >= 15 is 0 Å². The third kappa shape index (κ3) is 4.90. The zero-order chi connectivity index (χ0) is 24.5.